The number of halogens is 1. The number of hydrogen-bond donors (Lipinski definition) is 1. The highest BCUT2D eigenvalue weighted by molar-refractivity contribution is 7.97. The average Bonchev–Trinajstić information content (AvgIpc) is 3.42. The zero-order chi connectivity index (χ0) is 21.3. The van der Waals surface area contributed by atoms with Crippen LogP contribution in [0.1, 0.15) is 62.8 Å². The normalized spacial score (nSPS) is 17.4. The Balaban J connectivity index is 0.000000377. The minimum atomic E-state index is -0.711. The van der Waals surface area contributed by atoms with E-state index in [0.717, 1.165) is 23.5 Å². The quantitative estimate of drug-likeness (QED) is 0.548. The van der Waals surface area contributed by atoms with Crippen LogP contribution in [0.3, 0.4) is 0 Å². The van der Waals surface area contributed by atoms with Crippen LogP contribution in [0.2, 0.25) is 0 Å². The molecule has 1 saturated heterocycles. The van der Waals surface area contributed by atoms with Gasteiger partial charge in [0.25, 0.3) is 0 Å². The lowest BCUT2D eigenvalue weighted by atomic mass is 9.90. The third-order valence-corrected chi connectivity index (χ3v) is 7.62. The van der Waals surface area contributed by atoms with Gasteiger partial charge in [-0.05, 0) is 62.8 Å². The Morgan fingerprint density at radius 2 is 2.00 bits per heavy atom. The number of carbonyl (C=O) groups is 1. The Morgan fingerprint density at radius 1 is 1.27 bits per heavy atom. The number of nitrogens with zero attached hydrogens (tertiary/aromatic N) is 2. The molecule has 1 aromatic heterocycles. The molecular formula is C22H30FN3O2S2. The van der Waals surface area contributed by atoms with Crippen molar-refractivity contribution in [3.8, 4) is 10.4 Å². The van der Waals surface area contributed by atoms with Crippen molar-refractivity contribution in [2.75, 3.05) is 19.7 Å². The zero-order valence-corrected chi connectivity index (χ0v) is 19.1. The molecule has 2 fully saturated rings. The molecule has 0 spiro atoms. The molecule has 1 aliphatic heterocycles. The van der Waals surface area contributed by atoms with Gasteiger partial charge in [-0.25, -0.2) is 18.5 Å². The molecule has 1 aromatic carbocycles. The Hall–Kier alpha value is -1.64. The molecule has 2 N–H and O–H groups in total. The van der Waals surface area contributed by atoms with Gasteiger partial charge >= 0.3 is 6.09 Å². The number of carbonyl (C=O) groups excluding carboxylic acids is 1. The van der Waals surface area contributed by atoms with E-state index in [1.54, 1.807) is 42.3 Å². The molecule has 0 bridgehead atoms. The highest BCUT2D eigenvalue weighted by atomic mass is 32.2. The van der Waals surface area contributed by atoms with Crippen molar-refractivity contribution < 1.29 is 13.9 Å². The van der Waals surface area contributed by atoms with Gasteiger partial charge in [0, 0.05) is 35.7 Å². The maximum Gasteiger partial charge on any atom is 0.404 e. The van der Waals surface area contributed by atoms with Crippen LogP contribution >= 0.6 is 23.3 Å². The number of ether oxygens (including phenoxy) is 1. The van der Waals surface area contributed by atoms with Gasteiger partial charge in [0.2, 0.25) is 0 Å². The van der Waals surface area contributed by atoms with Gasteiger partial charge in [-0.1, -0.05) is 19.3 Å². The molecule has 30 heavy (non-hydrogen) atoms. The predicted octanol–water partition coefficient (Wildman–Crippen LogP) is 6.20. The second kappa shape index (κ2) is 11.7. The summed E-state index contributed by atoms with van der Waals surface area (Å²) in [7, 11) is 0. The molecular weight excluding hydrogens is 421 g/mol. The van der Waals surface area contributed by atoms with Crippen LogP contribution in [0.15, 0.2) is 29.3 Å². The molecule has 1 saturated carbocycles. The average molecular weight is 452 g/mol. The van der Waals surface area contributed by atoms with Crippen LogP contribution in [0.4, 0.5) is 9.18 Å². The fraction of sp³-hybridized carbons (Fsp3) is 0.545. The summed E-state index contributed by atoms with van der Waals surface area (Å²) in [6.07, 6.45) is 10.3. The molecule has 4 rings (SSSR count). The Bertz CT molecular complexity index is 818. The lowest BCUT2D eigenvalue weighted by Crippen LogP contribution is -2.11. The minimum Gasteiger partial charge on any atom is -0.450 e. The lowest BCUT2D eigenvalue weighted by molar-refractivity contribution is 0.163. The van der Waals surface area contributed by atoms with E-state index in [4.69, 9.17) is 4.98 Å². The minimum absolute atomic E-state index is 0.155. The highest BCUT2D eigenvalue weighted by Gasteiger charge is 2.21. The number of nitrogens with two attached hydrogens (primary N) is 1. The van der Waals surface area contributed by atoms with Gasteiger partial charge in [0.05, 0.1) is 16.5 Å². The fourth-order valence-electron chi connectivity index (χ4n) is 3.79. The summed E-state index contributed by atoms with van der Waals surface area (Å²) < 4.78 is 20.3. The van der Waals surface area contributed by atoms with Crippen molar-refractivity contribution in [3.05, 3.63) is 35.2 Å². The summed E-state index contributed by atoms with van der Waals surface area (Å²) in [6, 6.07) is 5.17. The Morgan fingerprint density at radius 3 is 2.63 bits per heavy atom. The predicted molar refractivity (Wildman–Crippen MR) is 121 cm³/mol. The first-order valence-corrected chi connectivity index (χ1v) is 12.3. The number of amides is 1. The van der Waals surface area contributed by atoms with Crippen LogP contribution in [0, 0.1) is 5.82 Å². The number of rotatable bonds is 5. The van der Waals surface area contributed by atoms with Crippen molar-refractivity contribution in [2.45, 2.75) is 62.7 Å². The van der Waals surface area contributed by atoms with Crippen molar-refractivity contribution in [1.82, 2.24) is 9.29 Å². The monoisotopic (exact) mass is 451 g/mol. The van der Waals surface area contributed by atoms with Crippen LogP contribution in [0.25, 0.3) is 10.4 Å². The third kappa shape index (κ3) is 6.68. The van der Waals surface area contributed by atoms with Gasteiger partial charge in [-0.2, -0.15) is 0 Å². The molecule has 2 aromatic rings. The highest BCUT2D eigenvalue weighted by Crippen LogP contribution is 2.41. The van der Waals surface area contributed by atoms with Gasteiger partial charge in [0.1, 0.15) is 5.82 Å². The molecule has 8 heteroatoms. The molecule has 0 unspecified atom stereocenters. The Kier molecular flexibility index (Phi) is 8.96. The summed E-state index contributed by atoms with van der Waals surface area (Å²) in [5.41, 5.74) is 5.67. The molecule has 0 atom stereocenters. The first-order chi connectivity index (χ1) is 14.6. The van der Waals surface area contributed by atoms with Crippen molar-refractivity contribution >= 4 is 29.4 Å². The lowest BCUT2D eigenvalue weighted by Gasteiger charge is -2.19. The van der Waals surface area contributed by atoms with E-state index in [2.05, 4.69) is 14.8 Å². The van der Waals surface area contributed by atoms with E-state index in [9.17, 15) is 9.18 Å². The molecule has 2 aliphatic rings. The summed E-state index contributed by atoms with van der Waals surface area (Å²) in [5, 5.41) is 1.27. The second-order valence-electron chi connectivity index (χ2n) is 7.52. The van der Waals surface area contributed by atoms with Gasteiger partial charge in [0.15, 0.2) is 0 Å². The largest absolute Gasteiger partial charge is 0.450 e. The molecule has 5 nitrogen and oxygen atoms in total. The molecule has 1 amide bonds. The molecule has 2 heterocycles. The SMILES string of the molecule is CCOC(N)=O.Fc1ccc(-c2cnc(C3CCCCC3)s2)c(SN2CCCC2)c1. The van der Waals surface area contributed by atoms with Crippen LogP contribution < -0.4 is 5.73 Å². The number of aromatic nitrogens is 1. The zero-order valence-electron chi connectivity index (χ0n) is 17.4. The van der Waals surface area contributed by atoms with E-state index in [1.807, 2.05) is 12.3 Å². The number of benzene rings is 1. The Labute approximate surface area is 186 Å². The van der Waals surface area contributed by atoms with Crippen molar-refractivity contribution in [3.63, 3.8) is 0 Å². The third-order valence-electron chi connectivity index (χ3n) is 5.27. The topological polar surface area (TPSA) is 68.5 Å². The van der Waals surface area contributed by atoms with Gasteiger partial charge in [-0.3, -0.25) is 0 Å². The maximum atomic E-state index is 13.8. The summed E-state index contributed by atoms with van der Waals surface area (Å²) in [5.74, 6) is 0.477. The van der Waals surface area contributed by atoms with Crippen molar-refractivity contribution in [1.29, 1.82) is 0 Å². The van der Waals surface area contributed by atoms with E-state index in [0.29, 0.717) is 12.5 Å². The number of thiazole rings is 1. The van der Waals surface area contributed by atoms with Crippen LogP contribution in [-0.2, 0) is 4.74 Å². The maximum absolute atomic E-state index is 13.8. The number of primary amides is 1. The molecule has 164 valence electrons. The first kappa shape index (κ1) is 23.0. The van der Waals surface area contributed by atoms with E-state index >= 15 is 0 Å². The fourth-order valence-corrected chi connectivity index (χ4v) is 6.14. The summed E-state index contributed by atoms with van der Waals surface area (Å²) in [4.78, 5) is 16.5. The molecule has 1 aliphatic carbocycles. The van der Waals surface area contributed by atoms with Crippen LogP contribution in [-0.4, -0.2) is 35.1 Å². The standard InChI is InChI=1S/C19H23FN2S2.C3H7NO2/c20-15-8-9-16(17(12-15)24-22-10-4-5-11-22)18-13-21-19(23-18)14-6-2-1-3-7-14;1-2-6-3(4)5/h8-9,12-14H,1-7,10-11H2;2H2,1H3,(H2,4,5). The summed E-state index contributed by atoms with van der Waals surface area (Å²) >= 11 is 3.51. The number of hydrogen-bond acceptors (Lipinski definition) is 6. The summed E-state index contributed by atoms with van der Waals surface area (Å²) in [6.45, 7) is 4.24. The second-order valence-corrected chi connectivity index (χ2v) is 9.72. The van der Waals surface area contributed by atoms with E-state index in [1.165, 1.54) is 54.8 Å². The smallest absolute Gasteiger partial charge is 0.404 e. The van der Waals surface area contributed by atoms with Crippen LogP contribution in [0.5, 0.6) is 0 Å². The van der Waals surface area contributed by atoms with Crippen molar-refractivity contribution in [2.24, 2.45) is 5.73 Å². The van der Waals surface area contributed by atoms with Gasteiger partial charge < -0.3 is 10.5 Å². The van der Waals surface area contributed by atoms with Gasteiger partial charge in [-0.15, -0.1) is 11.3 Å². The van der Waals surface area contributed by atoms with E-state index in [-0.39, 0.29) is 5.82 Å². The first-order valence-electron chi connectivity index (χ1n) is 10.7. The molecule has 0 radical (unpaired) electrons. The van der Waals surface area contributed by atoms with E-state index < -0.39 is 6.09 Å².